The average molecular weight is 357 g/mol. The predicted octanol–water partition coefficient (Wildman–Crippen LogP) is 3.44. The Balaban J connectivity index is 2.14. The quantitative estimate of drug-likeness (QED) is 0.895. The number of carbonyl (C=O) groups is 1. The van der Waals surface area contributed by atoms with E-state index in [-0.39, 0.29) is 17.8 Å². The van der Waals surface area contributed by atoms with Gasteiger partial charge in [-0.15, -0.1) is 0 Å². The Labute approximate surface area is 134 Å². The molecule has 0 radical (unpaired) electrons. The summed E-state index contributed by atoms with van der Waals surface area (Å²) < 4.78 is 13.7. The molecule has 2 rings (SSSR count). The fourth-order valence-electron chi connectivity index (χ4n) is 2.70. The summed E-state index contributed by atoms with van der Waals surface area (Å²) in [7, 11) is 0. The van der Waals surface area contributed by atoms with Crippen LogP contribution in [0, 0.1) is 11.7 Å². The normalized spacial score (nSPS) is 18.8. The van der Waals surface area contributed by atoms with Crippen LogP contribution in [-0.4, -0.2) is 36.5 Å². The van der Waals surface area contributed by atoms with Crippen LogP contribution in [0.1, 0.15) is 37.0 Å². The minimum Gasteiger partial charge on any atom is -0.336 e. The van der Waals surface area contributed by atoms with Crippen molar-refractivity contribution in [1.29, 1.82) is 0 Å². The summed E-state index contributed by atoms with van der Waals surface area (Å²) in [5, 5.41) is 3.38. The zero-order valence-corrected chi connectivity index (χ0v) is 14.1. The molecular weight excluding hydrogens is 335 g/mol. The zero-order valence-electron chi connectivity index (χ0n) is 12.5. The minimum absolute atomic E-state index is 0.0394. The van der Waals surface area contributed by atoms with Crippen LogP contribution in [0.25, 0.3) is 0 Å². The van der Waals surface area contributed by atoms with Crippen LogP contribution in [0.5, 0.6) is 0 Å². The monoisotopic (exact) mass is 356 g/mol. The van der Waals surface area contributed by atoms with Crippen molar-refractivity contribution in [2.45, 2.75) is 32.7 Å². The lowest BCUT2D eigenvalue weighted by Gasteiger charge is -2.33. The molecule has 1 aliphatic heterocycles. The molecule has 1 aromatic carbocycles. The zero-order chi connectivity index (χ0) is 15.4. The maximum Gasteiger partial charge on any atom is 0.255 e. The van der Waals surface area contributed by atoms with Crippen molar-refractivity contribution in [3.05, 3.63) is 34.1 Å². The smallest absolute Gasteiger partial charge is 0.255 e. The van der Waals surface area contributed by atoms with E-state index in [0.717, 1.165) is 32.5 Å². The van der Waals surface area contributed by atoms with Gasteiger partial charge in [0, 0.05) is 17.1 Å². The first-order chi connectivity index (χ1) is 9.99. The summed E-state index contributed by atoms with van der Waals surface area (Å²) in [5.74, 6) is 0.109. The van der Waals surface area contributed by atoms with Crippen LogP contribution >= 0.6 is 15.9 Å². The number of carbonyl (C=O) groups excluding carboxylic acids is 1. The molecule has 21 heavy (non-hydrogen) atoms. The van der Waals surface area contributed by atoms with Gasteiger partial charge in [-0.1, -0.05) is 0 Å². The molecule has 1 unspecified atom stereocenters. The Kier molecular flexibility index (Phi) is 5.76. The third-order valence-electron chi connectivity index (χ3n) is 3.90. The van der Waals surface area contributed by atoms with Crippen LogP contribution in [0.15, 0.2) is 22.7 Å². The molecule has 1 aromatic rings. The molecule has 116 valence electrons. The molecule has 0 spiro atoms. The van der Waals surface area contributed by atoms with Crippen molar-refractivity contribution in [2.75, 3.05) is 19.6 Å². The standard InChI is InChI=1S/C16H22BrFN2O/c1-11(2)20(10-12-4-3-7-19-9-12)16(21)14-6-5-13(18)8-15(14)17/h5-6,8,11-12,19H,3-4,7,9-10H2,1-2H3. The number of nitrogens with one attached hydrogen (secondary N) is 1. The molecule has 0 aliphatic carbocycles. The number of benzene rings is 1. The highest BCUT2D eigenvalue weighted by molar-refractivity contribution is 9.10. The summed E-state index contributed by atoms with van der Waals surface area (Å²) in [6.45, 7) is 6.81. The minimum atomic E-state index is -0.342. The maximum absolute atomic E-state index is 13.2. The Morgan fingerprint density at radius 2 is 2.29 bits per heavy atom. The van der Waals surface area contributed by atoms with E-state index in [0.29, 0.717) is 16.0 Å². The SMILES string of the molecule is CC(C)N(CC1CCCNC1)C(=O)c1ccc(F)cc1Br. The Morgan fingerprint density at radius 1 is 1.52 bits per heavy atom. The fraction of sp³-hybridized carbons (Fsp3) is 0.562. The lowest BCUT2D eigenvalue weighted by atomic mass is 9.98. The van der Waals surface area contributed by atoms with Gasteiger partial charge in [-0.25, -0.2) is 4.39 Å². The number of rotatable bonds is 4. The van der Waals surface area contributed by atoms with Gasteiger partial charge < -0.3 is 10.2 Å². The fourth-order valence-corrected chi connectivity index (χ4v) is 3.22. The highest BCUT2D eigenvalue weighted by Gasteiger charge is 2.25. The molecule has 0 aromatic heterocycles. The second-order valence-electron chi connectivity index (χ2n) is 5.89. The molecule has 0 saturated carbocycles. The Morgan fingerprint density at radius 3 is 2.86 bits per heavy atom. The average Bonchev–Trinajstić information content (AvgIpc) is 2.45. The van der Waals surface area contributed by atoms with Crippen LogP contribution in [0.4, 0.5) is 4.39 Å². The molecule has 0 bridgehead atoms. The van der Waals surface area contributed by atoms with Crippen molar-refractivity contribution in [3.8, 4) is 0 Å². The maximum atomic E-state index is 13.2. The number of amides is 1. The van der Waals surface area contributed by atoms with Gasteiger partial charge in [0.2, 0.25) is 0 Å². The van der Waals surface area contributed by atoms with E-state index in [2.05, 4.69) is 21.2 Å². The van der Waals surface area contributed by atoms with Crippen molar-refractivity contribution in [3.63, 3.8) is 0 Å². The number of hydrogen-bond donors (Lipinski definition) is 1. The highest BCUT2D eigenvalue weighted by atomic mass is 79.9. The van der Waals surface area contributed by atoms with Gasteiger partial charge >= 0.3 is 0 Å². The van der Waals surface area contributed by atoms with E-state index >= 15 is 0 Å². The first-order valence-electron chi connectivity index (χ1n) is 7.45. The molecule has 1 aliphatic rings. The summed E-state index contributed by atoms with van der Waals surface area (Å²) >= 11 is 3.29. The number of nitrogens with zero attached hydrogens (tertiary/aromatic N) is 1. The van der Waals surface area contributed by atoms with Crippen LogP contribution in [0.2, 0.25) is 0 Å². The van der Waals surface area contributed by atoms with Crippen molar-refractivity contribution in [2.24, 2.45) is 5.92 Å². The van der Waals surface area contributed by atoms with Crippen molar-refractivity contribution in [1.82, 2.24) is 10.2 Å². The van der Waals surface area contributed by atoms with E-state index in [9.17, 15) is 9.18 Å². The highest BCUT2D eigenvalue weighted by Crippen LogP contribution is 2.22. The van der Waals surface area contributed by atoms with E-state index < -0.39 is 0 Å². The van der Waals surface area contributed by atoms with Gasteiger partial charge in [-0.05, 0) is 79.8 Å². The van der Waals surface area contributed by atoms with Gasteiger partial charge in [0.05, 0.1) is 5.56 Å². The van der Waals surface area contributed by atoms with Gasteiger partial charge in [0.25, 0.3) is 5.91 Å². The second-order valence-corrected chi connectivity index (χ2v) is 6.74. The van der Waals surface area contributed by atoms with Gasteiger partial charge in [-0.3, -0.25) is 4.79 Å². The van der Waals surface area contributed by atoms with Crippen molar-refractivity contribution < 1.29 is 9.18 Å². The summed E-state index contributed by atoms with van der Waals surface area (Å²) in [5.41, 5.74) is 0.522. The van der Waals surface area contributed by atoms with Crippen LogP contribution < -0.4 is 5.32 Å². The Bertz CT molecular complexity index is 501. The molecule has 1 fully saturated rings. The molecule has 1 atom stereocenters. The topological polar surface area (TPSA) is 32.3 Å². The van der Waals surface area contributed by atoms with Crippen molar-refractivity contribution >= 4 is 21.8 Å². The number of piperidine rings is 1. The molecule has 1 N–H and O–H groups in total. The van der Waals surface area contributed by atoms with E-state index in [1.807, 2.05) is 18.7 Å². The first-order valence-corrected chi connectivity index (χ1v) is 8.25. The van der Waals surface area contributed by atoms with E-state index in [4.69, 9.17) is 0 Å². The number of hydrogen-bond acceptors (Lipinski definition) is 2. The molecule has 1 saturated heterocycles. The third-order valence-corrected chi connectivity index (χ3v) is 4.56. The summed E-state index contributed by atoms with van der Waals surface area (Å²) in [6.07, 6.45) is 2.30. The molecule has 1 heterocycles. The summed E-state index contributed by atoms with van der Waals surface area (Å²) in [4.78, 5) is 14.6. The van der Waals surface area contributed by atoms with Crippen LogP contribution in [-0.2, 0) is 0 Å². The van der Waals surface area contributed by atoms with E-state index in [1.165, 1.54) is 12.1 Å². The molecular formula is C16H22BrFN2O. The first kappa shape index (κ1) is 16.4. The largest absolute Gasteiger partial charge is 0.336 e. The second kappa shape index (κ2) is 7.36. The lowest BCUT2D eigenvalue weighted by molar-refractivity contribution is 0.0660. The Hall–Kier alpha value is -0.940. The van der Waals surface area contributed by atoms with Gasteiger partial charge in [-0.2, -0.15) is 0 Å². The lowest BCUT2D eigenvalue weighted by Crippen LogP contribution is -2.44. The van der Waals surface area contributed by atoms with Gasteiger partial charge in [0.1, 0.15) is 5.82 Å². The molecule has 5 heteroatoms. The predicted molar refractivity (Wildman–Crippen MR) is 85.9 cm³/mol. The van der Waals surface area contributed by atoms with Crippen LogP contribution in [0.3, 0.4) is 0 Å². The van der Waals surface area contributed by atoms with Gasteiger partial charge in [0.15, 0.2) is 0 Å². The molecule has 1 amide bonds. The third kappa shape index (κ3) is 4.27. The summed E-state index contributed by atoms with van der Waals surface area (Å²) in [6, 6.07) is 4.35. The molecule has 3 nitrogen and oxygen atoms in total. The number of halogens is 2. The van der Waals surface area contributed by atoms with E-state index in [1.54, 1.807) is 6.07 Å².